The molecule has 0 radical (unpaired) electrons. The van der Waals surface area contributed by atoms with Crippen LogP contribution in [-0.4, -0.2) is 18.1 Å². The van der Waals surface area contributed by atoms with Gasteiger partial charge in [-0.25, -0.2) is 4.98 Å². The van der Waals surface area contributed by atoms with E-state index in [1.54, 1.807) is 18.3 Å². The van der Waals surface area contributed by atoms with Crippen molar-refractivity contribution in [3.8, 4) is 0 Å². The van der Waals surface area contributed by atoms with Crippen molar-refractivity contribution < 1.29 is 9.53 Å². The molecule has 1 rings (SSSR count). The fourth-order valence-electron chi connectivity index (χ4n) is 0.732. The number of carbonyl (C=O) groups excluding carboxylic acids is 1. The summed E-state index contributed by atoms with van der Waals surface area (Å²) in [7, 11) is 1.36. The molecule has 0 atom stereocenters. The Kier molecular flexibility index (Phi) is 3.45. The second-order valence-corrected chi connectivity index (χ2v) is 3.38. The summed E-state index contributed by atoms with van der Waals surface area (Å²) in [5.74, 6) is -0.256. The molecule has 0 aliphatic rings. The molecule has 13 heavy (non-hydrogen) atoms. The molecular formula is C8H10N2O2S. The Bertz CT molecular complexity index is 320. The Balaban J connectivity index is 2.45. The van der Waals surface area contributed by atoms with Gasteiger partial charge < -0.3 is 10.5 Å². The maximum atomic E-state index is 10.7. The first-order valence-electron chi connectivity index (χ1n) is 3.67. The molecule has 0 saturated heterocycles. The normalized spacial score (nSPS) is 10.5. The van der Waals surface area contributed by atoms with E-state index in [1.807, 2.05) is 0 Å². The highest BCUT2D eigenvalue weighted by Crippen LogP contribution is 2.15. The monoisotopic (exact) mass is 198 g/mol. The van der Waals surface area contributed by atoms with Crippen LogP contribution in [0.4, 0.5) is 5.13 Å². The van der Waals surface area contributed by atoms with E-state index in [0.29, 0.717) is 5.13 Å². The van der Waals surface area contributed by atoms with Gasteiger partial charge in [0.1, 0.15) is 0 Å². The Morgan fingerprint density at radius 1 is 1.85 bits per heavy atom. The molecule has 0 fully saturated rings. The summed E-state index contributed by atoms with van der Waals surface area (Å²) in [5, 5.41) is 0.526. The van der Waals surface area contributed by atoms with Gasteiger partial charge in [-0.2, -0.15) is 0 Å². The third kappa shape index (κ3) is 3.25. The van der Waals surface area contributed by atoms with Gasteiger partial charge in [-0.3, -0.25) is 4.79 Å². The van der Waals surface area contributed by atoms with E-state index in [0.717, 1.165) is 4.88 Å². The van der Waals surface area contributed by atoms with Crippen molar-refractivity contribution in [1.82, 2.24) is 4.98 Å². The van der Waals surface area contributed by atoms with Crippen molar-refractivity contribution in [2.45, 2.75) is 6.42 Å². The molecule has 0 bridgehead atoms. The van der Waals surface area contributed by atoms with Crippen LogP contribution in [0.1, 0.15) is 11.3 Å². The lowest BCUT2D eigenvalue weighted by Gasteiger charge is -1.90. The molecule has 0 amide bonds. The van der Waals surface area contributed by atoms with Crippen molar-refractivity contribution in [1.29, 1.82) is 0 Å². The van der Waals surface area contributed by atoms with Gasteiger partial charge >= 0.3 is 5.97 Å². The van der Waals surface area contributed by atoms with Crippen molar-refractivity contribution in [2.75, 3.05) is 12.8 Å². The number of nitrogens with zero attached hydrogens (tertiary/aromatic N) is 1. The average Bonchev–Trinajstić information content (AvgIpc) is 2.51. The van der Waals surface area contributed by atoms with Crippen LogP contribution >= 0.6 is 11.3 Å². The summed E-state index contributed by atoms with van der Waals surface area (Å²) in [6, 6.07) is 0. The number of aromatic nitrogens is 1. The smallest absolute Gasteiger partial charge is 0.309 e. The van der Waals surface area contributed by atoms with E-state index >= 15 is 0 Å². The summed E-state index contributed by atoms with van der Waals surface area (Å²) in [6.45, 7) is 0. The Morgan fingerprint density at radius 3 is 3.15 bits per heavy atom. The molecule has 0 unspecified atom stereocenters. The van der Waals surface area contributed by atoms with Crippen LogP contribution in [0.25, 0.3) is 6.08 Å². The van der Waals surface area contributed by atoms with E-state index in [1.165, 1.54) is 18.4 Å². The molecule has 2 N–H and O–H groups in total. The number of nitrogen functional groups attached to an aromatic ring is 1. The van der Waals surface area contributed by atoms with Gasteiger partial charge in [0, 0.05) is 11.1 Å². The highest BCUT2D eigenvalue weighted by Gasteiger charge is 1.96. The lowest BCUT2D eigenvalue weighted by Crippen LogP contribution is -1.96. The minimum atomic E-state index is -0.256. The number of anilines is 1. The second kappa shape index (κ2) is 4.61. The maximum absolute atomic E-state index is 10.7. The average molecular weight is 198 g/mol. The number of ether oxygens (including phenoxy) is 1. The zero-order valence-electron chi connectivity index (χ0n) is 7.19. The Morgan fingerprint density at radius 2 is 2.62 bits per heavy atom. The van der Waals surface area contributed by atoms with Crippen LogP contribution in [0.3, 0.4) is 0 Å². The van der Waals surface area contributed by atoms with Gasteiger partial charge in [0.25, 0.3) is 0 Å². The molecule has 1 aromatic rings. The van der Waals surface area contributed by atoms with Crippen LogP contribution in [0.2, 0.25) is 0 Å². The molecule has 0 aliphatic heterocycles. The molecule has 0 spiro atoms. The first-order valence-corrected chi connectivity index (χ1v) is 4.48. The predicted octanol–water partition coefficient (Wildman–Crippen LogP) is 1.30. The first kappa shape index (κ1) is 9.73. The molecule has 0 saturated carbocycles. The largest absolute Gasteiger partial charge is 0.469 e. The molecular weight excluding hydrogens is 188 g/mol. The fraction of sp³-hybridized carbons (Fsp3) is 0.250. The van der Waals surface area contributed by atoms with Crippen molar-refractivity contribution in [3.05, 3.63) is 17.2 Å². The Hall–Kier alpha value is -1.36. The lowest BCUT2D eigenvalue weighted by atomic mass is 10.3. The topological polar surface area (TPSA) is 65.2 Å². The number of hydrogen-bond acceptors (Lipinski definition) is 5. The molecule has 70 valence electrons. The number of thiazole rings is 1. The van der Waals surface area contributed by atoms with Crippen molar-refractivity contribution in [3.63, 3.8) is 0 Å². The van der Waals surface area contributed by atoms with Crippen LogP contribution < -0.4 is 5.73 Å². The first-order chi connectivity index (χ1) is 6.22. The van der Waals surface area contributed by atoms with E-state index in [-0.39, 0.29) is 12.4 Å². The molecule has 4 nitrogen and oxygen atoms in total. The molecule has 1 aromatic heterocycles. The highest BCUT2D eigenvalue weighted by atomic mass is 32.1. The third-order valence-electron chi connectivity index (χ3n) is 1.34. The van der Waals surface area contributed by atoms with Crippen molar-refractivity contribution in [2.24, 2.45) is 0 Å². The van der Waals surface area contributed by atoms with Crippen molar-refractivity contribution >= 4 is 28.5 Å². The summed E-state index contributed by atoms with van der Waals surface area (Å²) >= 11 is 1.37. The number of nitrogens with two attached hydrogens (primary N) is 1. The molecule has 5 heteroatoms. The van der Waals surface area contributed by atoms with E-state index in [9.17, 15) is 4.79 Å². The zero-order valence-corrected chi connectivity index (χ0v) is 8.00. The number of carbonyl (C=O) groups is 1. The van der Waals surface area contributed by atoms with Crippen LogP contribution in [-0.2, 0) is 9.53 Å². The maximum Gasteiger partial charge on any atom is 0.309 e. The van der Waals surface area contributed by atoms with Gasteiger partial charge in [-0.1, -0.05) is 17.4 Å². The van der Waals surface area contributed by atoms with Gasteiger partial charge in [-0.05, 0) is 6.08 Å². The minimum Gasteiger partial charge on any atom is -0.469 e. The summed E-state index contributed by atoms with van der Waals surface area (Å²) < 4.78 is 4.47. The third-order valence-corrected chi connectivity index (χ3v) is 2.13. The number of methoxy groups -OCH3 is 1. The number of esters is 1. The lowest BCUT2D eigenvalue weighted by molar-refractivity contribution is -0.139. The quantitative estimate of drug-likeness (QED) is 0.743. The van der Waals surface area contributed by atoms with Gasteiger partial charge in [0.15, 0.2) is 5.13 Å². The van der Waals surface area contributed by atoms with Gasteiger partial charge in [-0.15, -0.1) is 0 Å². The Labute approximate surface area is 80.0 Å². The summed E-state index contributed by atoms with van der Waals surface area (Å²) in [6.07, 6.45) is 5.45. The number of hydrogen-bond donors (Lipinski definition) is 1. The highest BCUT2D eigenvalue weighted by molar-refractivity contribution is 7.16. The SMILES string of the molecule is COC(=O)CC=Cc1cnc(N)s1. The second-order valence-electron chi connectivity index (χ2n) is 2.28. The van der Waals surface area contributed by atoms with Crippen LogP contribution in [0.15, 0.2) is 12.3 Å². The van der Waals surface area contributed by atoms with Crippen LogP contribution in [0.5, 0.6) is 0 Å². The molecule has 0 aromatic carbocycles. The number of rotatable bonds is 3. The standard InChI is InChI=1S/C8H10N2O2S/c1-12-7(11)4-2-3-6-5-10-8(9)13-6/h2-3,5H,4H2,1H3,(H2,9,10). The predicted molar refractivity (Wildman–Crippen MR) is 52.2 cm³/mol. The van der Waals surface area contributed by atoms with E-state index < -0.39 is 0 Å². The summed E-state index contributed by atoms with van der Waals surface area (Å²) in [5.41, 5.74) is 5.42. The van der Waals surface area contributed by atoms with E-state index in [2.05, 4.69) is 9.72 Å². The van der Waals surface area contributed by atoms with Crippen LogP contribution in [0, 0.1) is 0 Å². The minimum absolute atomic E-state index is 0.256. The van der Waals surface area contributed by atoms with Gasteiger partial charge in [0.05, 0.1) is 13.5 Å². The molecule has 0 aliphatic carbocycles. The van der Waals surface area contributed by atoms with Gasteiger partial charge in [0.2, 0.25) is 0 Å². The zero-order chi connectivity index (χ0) is 9.68. The van der Waals surface area contributed by atoms with E-state index in [4.69, 9.17) is 5.73 Å². The fourth-order valence-corrected chi connectivity index (χ4v) is 1.35. The summed E-state index contributed by atoms with van der Waals surface area (Å²) in [4.78, 5) is 15.5. The molecule has 1 heterocycles.